The number of nitrogens with one attached hydrogen (secondary N) is 2. The summed E-state index contributed by atoms with van der Waals surface area (Å²) in [4.78, 5) is 12.8. The molecule has 0 heterocycles. The van der Waals surface area contributed by atoms with Gasteiger partial charge in [0.05, 0.1) is 30.5 Å². The van der Waals surface area contributed by atoms with Crippen molar-refractivity contribution in [3.8, 4) is 17.2 Å². The molecule has 3 N–H and O–H groups in total. The molecule has 15 heteroatoms. The SMILES string of the molecule is CCCNS(=O)(=O)c1ccc(/N=N/c2cc(OC)c(/N=N/c3c(S)cc4cc(S)cc(NC(C)=O)c4c3O)cc2OC)cc1. The lowest BCUT2D eigenvalue weighted by atomic mass is 10.1. The van der Waals surface area contributed by atoms with Crippen LogP contribution in [0, 0.1) is 0 Å². The van der Waals surface area contributed by atoms with Crippen molar-refractivity contribution >= 4 is 80.4 Å². The van der Waals surface area contributed by atoms with Gasteiger partial charge in [-0.25, -0.2) is 13.1 Å². The summed E-state index contributed by atoms with van der Waals surface area (Å²) in [7, 11) is -0.706. The molecule has 0 saturated carbocycles. The van der Waals surface area contributed by atoms with E-state index >= 15 is 0 Å². The number of methoxy groups -OCH3 is 2. The van der Waals surface area contributed by atoms with Gasteiger partial charge in [-0.1, -0.05) is 6.92 Å². The zero-order valence-corrected chi connectivity index (χ0v) is 26.8. The normalized spacial score (nSPS) is 11.9. The van der Waals surface area contributed by atoms with Gasteiger partial charge in [0.1, 0.15) is 28.6 Å². The van der Waals surface area contributed by atoms with Gasteiger partial charge in [-0.2, -0.15) is 5.11 Å². The Labute approximate surface area is 265 Å². The Morgan fingerprint density at radius 2 is 1.52 bits per heavy atom. The van der Waals surface area contributed by atoms with Crippen LogP contribution in [0.25, 0.3) is 10.8 Å². The summed E-state index contributed by atoms with van der Waals surface area (Å²) in [6.07, 6.45) is 0.678. The molecule has 230 valence electrons. The lowest BCUT2D eigenvalue weighted by Gasteiger charge is -2.13. The Morgan fingerprint density at radius 3 is 2.09 bits per heavy atom. The molecule has 0 fully saturated rings. The van der Waals surface area contributed by atoms with Crippen molar-refractivity contribution in [1.82, 2.24) is 4.72 Å². The Bertz CT molecular complexity index is 1880. The Hall–Kier alpha value is -4.18. The number of carbonyl (C=O) groups is 1. The largest absolute Gasteiger partial charge is 0.505 e. The number of phenols is 1. The molecule has 0 bridgehead atoms. The number of hydrogen-bond donors (Lipinski definition) is 5. The quantitative estimate of drug-likeness (QED) is 0.0825. The average Bonchev–Trinajstić information content (AvgIpc) is 2.98. The van der Waals surface area contributed by atoms with E-state index in [0.717, 1.165) is 0 Å². The number of phenolic OH excluding ortho intramolecular Hbond substituents is 1. The number of carbonyl (C=O) groups excluding carboxylic acids is 1. The van der Waals surface area contributed by atoms with E-state index < -0.39 is 10.0 Å². The van der Waals surface area contributed by atoms with Crippen LogP contribution < -0.4 is 19.5 Å². The van der Waals surface area contributed by atoms with Crippen LogP contribution in [-0.4, -0.2) is 40.2 Å². The number of hydrogen-bond acceptors (Lipinski definition) is 12. The van der Waals surface area contributed by atoms with Crippen LogP contribution in [0.15, 0.2) is 89.7 Å². The predicted molar refractivity (Wildman–Crippen MR) is 174 cm³/mol. The zero-order chi connectivity index (χ0) is 32.0. The average molecular weight is 655 g/mol. The highest BCUT2D eigenvalue weighted by Crippen LogP contribution is 2.46. The minimum Gasteiger partial charge on any atom is -0.505 e. The summed E-state index contributed by atoms with van der Waals surface area (Å²) in [5.74, 6) is 0.0345. The van der Waals surface area contributed by atoms with Gasteiger partial charge in [0.15, 0.2) is 5.75 Å². The van der Waals surface area contributed by atoms with Crippen LogP contribution in [0.3, 0.4) is 0 Å². The minimum absolute atomic E-state index is 0.0690. The first-order valence-corrected chi connectivity index (χ1v) is 15.5. The summed E-state index contributed by atoms with van der Waals surface area (Å²) in [6.45, 7) is 3.58. The third kappa shape index (κ3) is 7.48. The molecule has 0 aromatic heterocycles. The predicted octanol–water partition coefficient (Wildman–Crippen LogP) is 7.62. The first-order chi connectivity index (χ1) is 21.0. The second-order valence-corrected chi connectivity index (χ2v) is 12.1. The van der Waals surface area contributed by atoms with Crippen molar-refractivity contribution in [1.29, 1.82) is 0 Å². The van der Waals surface area contributed by atoms with Gasteiger partial charge < -0.3 is 19.9 Å². The van der Waals surface area contributed by atoms with E-state index in [1.54, 1.807) is 24.3 Å². The Morgan fingerprint density at radius 1 is 0.909 bits per heavy atom. The monoisotopic (exact) mass is 654 g/mol. The fourth-order valence-corrected chi connectivity index (χ4v) is 5.81. The molecule has 44 heavy (non-hydrogen) atoms. The van der Waals surface area contributed by atoms with Gasteiger partial charge in [-0.15, -0.1) is 40.6 Å². The van der Waals surface area contributed by atoms with Crippen molar-refractivity contribution in [3.63, 3.8) is 0 Å². The van der Waals surface area contributed by atoms with Crippen LogP contribution in [0.1, 0.15) is 20.3 Å². The highest BCUT2D eigenvalue weighted by Gasteiger charge is 2.17. The molecule has 0 spiro atoms. The number of thiol groups is 2. The van der Waals surface area contributed by atoms with Crippen molar-refractivity contribution in [3.05, 3.63) is 54.6 Å². The molecule has 0 saturated heterocycles. The van der Waals surface area contributed by atoms with Crippen LogP contribution in [0.4, 0.5) is 28.4 Å². The van der Waals surface area contributed by atoms with Crippen molar-refractivity contribution in [2.75, 3.05) is 26.1 Å². The molecule has 4 rings (SSSR count). The lowest BCUT2D eigenvalue weighted by Crippen LogP contribution is -2.24. The number of rotatable bonds is 11. The molecule has 0 aliphatic heterocycles. The van der Waals surface area contributed by atoms with Crippen molar-refractivity contribution in [2.45, 2.75) is 35.0 Å². The highest BCUT2D eigenvalue weighted by molar-refractivity contribution is 7.89. The molecule has 0 radical (unpaired) electrons. The van der Waals surface area contributed by atoms with E-state index in [4.69, 9.17) is 9.47 Å². The third-order valence-electron chi connectivity index (χ3n) is 6.16. The smallest absolute Gasteiger partial charge is 0.240 e. The second kappa shape index (κ2) is 14.1. The summed E-state index contributed by atoms with van der Waals surface area (Å²) in [5.41, 5.74) is 1.43. The lowest BCUT2D eigenvalue weighted by molar-refractivity contribution is -0.114. The zero-order valence-electron chi connectivity index (χ0n) is 24.2. The summed E-state index contributed by atoms with van der Waals surface area (Å²) in [5, 5.41) is 31.8. The number of aromatic hydroxyl groups is 1. The number of nitrogens with zero attached hydrogens (tertiary/aromatic N) is 4. The van der Waals surface area contributed by atoms with Gasteiger partial charge in [-0.05, 0) is 54.3 Å². The molecule has 0 aliphatic carbocycles. The van der Waals surface area contributed by atoms with Crippen LogP contribution in [-0.2, 0) is 14.8 Å². The maximum atomic E-state index is 12.3. The fraction of sp³-hybridized carbons (Fsp3) is 0.207. The standard InChI is InChI=1S/C29H30N6O6S3/c1-5-10-30-44(38,39)20-8-6-18(7-9-20)32-33-21-14-25(41-4)22(15-24(21)40-3)34-35-28-26(43)12-17-11-19(42)13-23(31-16(2)36)27(17)29(28)37/h6-9,11-15,30,37,42-43H,5,10H2,1-4H3,(H,31,36)/b33-32+,35-34+. The summed E-state index contributed by atoms with van der Waals surface area (Å²) < 4.78 is 38.1. The summed E-state index contributed by atoms with van der Waals surface area (Å²) in [6, 6.07) is 14.1. The minimum atomic E-state index is -3.60. The summed E-state index contributed by atoms with van der Waals surface area (Å²) >= 11 is 8.87. The van der Waals surface area contributed by atoms with Crippen LogP contribution in [0.2, 0.25) is 0 Å². The van der Waals surface area contributed by atoms with E-state index in [2.05, 4.69) is 55.8 Å². The molecule has 4 aromatic rings. The first-order valence-electron chi connectivity index (χ1n) is 13.2. The third-order valence-corrected chi connectivity index (χ3v) is 8.24. The molecule has 12 nitrogen and oxygen atoms in total. The van der Waals surface area contributed by atoms with Gasteiger partial charge in [0.2, 0.25) is 15.9 Å². The van der Waals surface area contributed by atoms with Crippen molar-refractivity contribution < 1.29 is 27.8 Å². The second-order valence-electron chi connectivity index (χ2n) is 9.35. The topological polar surface area (TPSA) is 163 Å². The number of ether oxygens (including phenoxy) is 2. The molecule has 0 atom stereocenters. The number of benzene rings is 4. The van der Waals surface area contributed by atoms with Crippen molar-refractivity contribution in [2.24, 2.45) is 20.5 Å². The number of amides is 1. The molecular formula is C29H30N6O6S3. The van der Waals surface area contributed by atoms with Crippen LogP contribution in [0.5, 0.6) is 17.2 Å². The van der Waals surface area contributed by atoms with E-state index in [1.165, 1.54) is 51.5 Å². The molecule has 0 aliphatic rings. The van der Waals surface area contributed by atoms with Gasteiger partial charge in [0.25, 0.3) is 0 Å². The Kier molecular flexibility index (Phi) is 10.5. The van der Waals surface area contributed by atoms with E-state index in [9.17, 15) is 18.3 Å². The molecule has 1 amide bonds. The first kappa shape index (κ1) is 32.7. The Balaban J connectivity index is 1.67. The fourth-order valence-electron chi connectivity index (χ4n) is 4.12. The maximum Gasteiger partial charge on any atom is 0.240 e. The molecular weight excluding hydrogens is 625 g/mol. The number of sulfonamides is 1. The highest BCUT2D eigenvalue weighted by atomic mass is 32.2. The molecule has 4 aromatic carbocycles. The van der Waals surface area contributed by atoms with Gasteiger partial charge in [-0.3, -0.25) is 4.79 Å². The van der Waals surface area contributed by atoms with E-state index in [1.807, 2.05) is 6.92 Å². The van der Waals surface area contributed by atoms with E-state index in [-0.39, 0.29) is 33.7 Å². The maximum absolute atomic E-state index is 12.3. The van der Waals surface area contributed by atoms with Crippen LogP contribution >= 0.6 is 25.3 Å². The number of azo groups is 2. The van der Waals surface area contributed by atoms with Gasteiger partial charge in [0, 0.05) is 40.8 Å². The van der Waals surface area contributed by atoms with E-state index in [0.29, 0.717) is 56.3 Å². The number of anilines is 1. The van der Waals surface area contributed by atoms with Gasteiger partial charge >= 0.3 is 0 Å². The number of fused-ring (bicyclic) bond motifs is 1. The molecule has 0 unspecified atom stereocenters.